The van der Waals surface area contributed by atoms with Crippen molar-refractivity contribution < 1.29 is 26.7 Å². The van der Waals surface area contributed by atoms with Crippen LogP contribution in [0.2, 0.25) is 5.02 Å². The monoisotopic (exact) mass is 395 g/mol. The van der Waals surface area contributed by atoms with Gasteiger partial charge < -0.3 is 5.32 Å². The van der Waals surface area contributed by atoms with E-state index in [-0.39, 0.29) is 21.0 Å². The minimum Gasteiger partial charge on any atom is -0.346 e. The maximum Gasteiger partial charge on any atom is 0.446 e. The fourth-order valence-electron chi connectivity index (χ4n) is 1.95. The van der Waals surface area contributed by atoms with Crippen molar-refractivity contribution in [3.8, 4) is 0 Å². The second-order valence-electron chi connectivity index (χ2n) is 4.94. The van der Waals surface area contributed by atoms with Crippen molar-refractivity contribution in [1.82, 2.24) is 5.32 Å². The van der Waals surface area contributed by atoms with Crippen LogP contribution in [-0.2, 0) is 5.92 Å². The third kappa shape index (κ3) is 5.61. The van der Waals surface area contributed by atoms with Crippen molar-refractivity contribution >= 4 is 29.3 Å². The number of rotatable bonds is 5. The molecule has 2 aromatic carbocycles. The maximum atomic E-state index is 14.1. The summed E-state index contributed by atoms with van der Waals surface area (Å²) in [5, 5.41) is 2.26. The first-order valence-electron chi connectivity index (χ1n) is 6.85. The quantitative estimate of drug-likeness (QED) is 0.537. The Morgan fingerprint density at radius 2 is 1.60 bits per heavy atom. The summed E-state index contributed by atoms with van der Waals surface area (Å²) < 4.78 is 65.7. The Morgan fingerprint density at radius 1 is 1.00 bits per heavy atom. The van der Waals surface area contributed by atoms with Gasteiger partial charge in [0.15, 0.2) is 0 Å². The normalized spacial score (nSPS) is 12.1. The fraction of sp³-hybridized carbons (Fsp3) is 0.188. The van der Waals surface area contributed by atoms with Gasteiger partial charge in [-0.05, 0) is 36.0 Å². The average Bonchev–Trinajstić information content (AvgIpc) is 2.52. The first-order valence-corrected chi connectivity index (χ1v) is 8.05. The van der Waals surface area contributed by atoms with Crippen molar-refractivity contribution in [1.29, 1.82) is 0 Å². The van der Waals surface area contributed by atoms with Crippen LogP contribution in [0.4, 0.5) is 22.0 Å². The van der Waals surface area contributed by atoms with Gasteiger partial charge in [0.2, 0.25) is 0 Å². The third-order valence-electron chi connectivity index (χ3n) is 3.09. The highest BCUT2D eigenvalue weighted by atomic mass is 35.5. The largest absolute Gasteiger partial charge is 0.446 e. The molecule has 0 aliphatic carbocycles. The Kier molecular flexibility index (Phi) is 5.95. The van der Waals surface area contributed by atoms with Gasteiger partial charge >= 0.3 is 5.51 Å². The molecule has 0 fully saturated rings. The van der Waals surface area contributed by atoms with Crippen LogP contribution in [0.5, 0.6) is 0 Å². The summed E-state index contributed by atoms with van der Waals surface area (Å²) in [7, 11) is 0. The molecule has 0 heterocycles. The molecule has 0 spiro atoms. The number of amides is 1. The van der Waals surface area contributed by atoms with E-state index in [9.17, 15) is 26.7 Å². The predicted molar refractivity (Wildman–Crippen MR) is 86.0 cm³/mol. The van der Waals surface area contributed by atoms with E-state index in [2.05, 4.69) is 0 Å². The molecule has 0 saturated heterocycles. The van der Waals surface area contributed by atoms with Crippen molar-refractivity contribution in [2.45, 2.75) is 16.3 Å². The Balaban J connectivity index is 2.11. The highest BCUT2D eigenvalue weighted by molar-refractivity contribution is 8.00. The zero-order valence-electron chi connectivity index (χ0n) is 12.4. The summed E-state index contributed by atoms with van der Waals surface area (Å²) in [5.74, 6) is -4.41. The minimum absolute atomic E-state index is 0.279. The Morgan fingerprint density at radius 3 is 2.20 bits per heavy atom. The molecule has 0 unspecified atom stereocenters. The fourth-order valence-corrected chi connectivity index (χ4v) is 2.74. The number of thioether (sulfide) groups is 1. The van der Waals surface area contributed by atoms with Gasteiger partial charge in [-0.1, -0.05) is 35.9 Å². The summed E-state index contributed by atoms with van der Waals surface area (Å²) in [5.41, 5.74) is -5.28. The number of benzene rings is 2. The van der Waals surface area contributed by atoms with E-state index >= 15 is 0 Å². The Labute approximate surface area is 149 Å². The van der Waals surface area contributed by atoms with Crippen LogP contribution in [-0.4, -0.2) is 18.0 Å². The van der Waals surface area contributed by atoms with Gasteiger partial charge in [-0.15, -0.1) is 0 Å². The molecule has 25 heavy (non-hydrogen) atoms. The lowest BCUT2D eigenvalue weighted by Gasteiger charge is -2.18. The van der Waals surface area contributed by atoms with Gasteiger partial charge in [0, 0.05) is 15.5 Å². The number of hydrogen-bond donors (Lipinski definition) is 1. The molecular formula is C16H11ClF5NOS. The molecule has 9 heteroatoms. The smallest absolute Gasteiger partial charge is 0.346 e. The van der Waals surface area contributed by atoms with E-state index in [4.69, 9.17) is 11.6 Å². The molecular weight excluding hydrogens is 385 g/mol. The number of alkyl halides is 5. The van der Waals surface area contributed by atoms with Crippen LogP contribution in [0, 0.1) is 0 Å². The second kappa shape index (κ2) is 7.61. The maximum absolute atomic E-state index is 14.1. The number of nitrogens with one attached hydrogen (secondary N) is 1. The molecule has 134 valence electrons. The Hall–Kier alpha value is -1.80. The predicted octanol–water partition coefficient (Wildman–Crippen LogP) is 5.47. The number of carbonyl (C=O) groups excluding carboxylic acids is 1. The molecule has 0 bridgehead atoms. The lowest BCUT2D eigenvalue weighted by Crippen LogP contribution is -2.35. The topological polar surface area (TPSA) is 29.1 Å². The summed E-state index contributed by atoms with van der Waals surface area (Å²) in [4.78, 5) is 11.7. The number of carbonyl (C=O) groups is 1. The zero-order valence-corrected chi connectivity index (χ0v) is 14.0. The van der Waals surface area contributed by atoms with Crippen molar-refractivity contribution in [3.63, 3.8) is 0 Å². The van der Waals surface area contributed by atoms with Crippen molar-refractivity contribution in [2.24, 2.45) is 0 Å². The molecule has 0 radical (unpaired) electrons. The zero-order chi connectivity index (χ0) is 18.7. The summed E-state index contributed by atoms with van der Waals surface area (Å²) in [6.07, 6.45) is 0. The van der Waals surface area contributed by atoms with Crippen LogP contribution < -0.4 is 5.32 Å². The molecule has 0 saturated carbocycles. The lowest BCUT2D eigenvalue weighted by atomic mass is 10.1. The highest BCUT2D eigenvalue weighted by Gasteiger charge is 2.34. The van der Waals surface area contributed by atoms with Crippen molar-refractivity contribution in [3.05, 3.63) is 64.7 Å². The molecule has 2 rings (SSSR count). The summed E-state index contributed by atoms with van der Waals surface area (Å²) >= 11 is 5.15. The van der Waals surface area contributed by atoms with E-state index in [0.717, 1.165) is 24.3 Å². The van der Waals surface area contributed by atoms with Gasteiger partial charge in [0.25, 0.3) is 11.8 Å². The van der Waals surface area contributed by atoms with E-state index in [1.807, 2.05) is 5.32 Å². The van der Waals surface area contributed by atoms with Crippen LogP contribution in [0.15, 0.2) is 53.4 Å². The number of hydrogen-bond acceptors (Lipinski definition) is 2. The molecule has 2 nitrogen and oxygen atoms in total. The van der Waals surface area contributed by atoms with Crippen LogP contribution in [0.25, 0.3) is 0 Å². The molecule has 1 amide bonds. The van der Waals surface area contributed by atoms with E-state index < -0.39 is 35.6 Å². The first-order chi connectivity index (χ1) is 11.6. The molecule has 0 atom stereocenters. The highest BCUT2D eigenvalue weighted by Crippen LogP contribution is 2.38. The first kappa shape index (κ1) is 19.5. The van der Waals surface area contributed by atoms with Gasteiger partial charge in [0.05, 0.1) is 12.1 Å². The number of halogens is 6. The van der Waals surface area contributed by atoms with Gasteiger partial charge in [0.1, 0.15) is 0 Å². The van der Waals surface area contributed by atoms with Gasteiger partial charge in [-0.3, -0.25) is 4.79 Å². The molecule has 2 aromatic rings. The second-order valence-corrected chi connectivity index (χ2v) is 6.48. The lowest BCUT2D eigenvalue weighted by molar-refractivity contribution is -0.0328. The Bertz CT molecular complexity index is 749. The summed E-state index contributed by atoms with van der Waals surface area (Å²) in [6, 6.07) is 9.71. The third-order valence-corrected chi connectivity index (χ3v) is 4.15. The van der Waals surface area contributed by atoms with Gasteiger partial charge in [-0.2, -0.15) is 22.0 Å². The minimum atomic E-state index is -4.59. The van der Waals surface area contributed by atoms with Crippen LogP contribution >= 0.6 is 23.4 Å². The molecule has 1 N–H and O–H groups in total. The molecule has 0 aromatic heterocycles. The van der Waals surface area contributed by atoms with Crippen LogP contribution in [0.3, 0.4) is 0 Å². The molecule has 0 aliphatic heterocycles. The van der Waals surface area contributed by atoms with E-state index in [1.54, 1.807) is 0 Å². The average molecular weight is 396 g/mol. The van der Waals surface area contributed by atoms with Gasteiger partial charge in [-0.25, -0.2) is 0 Å². The van der Waals surface area contributed by atoms with E-state index in [1.165, 1.54) is 24.3 Å². The summed E-state index contributed by atoms with van der Waals surface area (Å²) in [6.45, 7) is -1.06. The standard InChI is InChI=1S/C16H11ClF5NOS/c17-11-7-5-10(6-8-11)15(18,19)9-23-14(24)12-3-1-2-4-13(12)25-16(20,21)22/h1-8H,9H2,(H,23,24). The SMILES string of the molecule is O=C(NCC(F)(F)c1ccc(Cl)cc1)c1ccccc1SC(F)(F)F. The van der Waals surface area contributed by atoms with E-state index in [0.29, 0.717) is 0 Å². The molecule has 0 aliphatic rings. The van der Waals surface area contributed by atoms with Crippen LogP contribution in [0.1, 0.15) is 15.9 Å². The van der Waals surface area contributed by atoms with Crippen molar-refractivity contribution in [2.75, 3.05) is 6.54 Å².